The molecule has 0 aliphatic carbocycles. The number of amides is 2. The van der Waals surface area contributed by atoms with Crippen molar-refractivity contribution in [2.75, 3.05) is 19.6 Å². The summed E-state index contributed by atoms with van der Waals surface area (Å²) < 4.78 is 0. The van der Waals surface area contributed by atoms with Gasteiger partial charge in [0.1, 0.15) is 0 Å². The Hall–Kier alpha value is -2.50. The zero-order valence-electron chi connectivity index (χ0n) is 12.9. The predicted molar refractivity (Wildman–Crippen MR) is 84.5 cm³/mol. The Balaban J connectivity index is 1.52. The molecule has 2 aromatic rings. The van der Waals surface area contributed by atoms with Gasteiger partial charge in [-0.25, -0.2) is 9.97 Å². The van der Waals surface area contributed by atoms with E-state index in [0.29, 0.717) is 26.1 Å². The van der Waals surface area contributed by atoms with E-state index in [1.807, 2.05) is 17.0 Å². The van der Waals surface area contributed by atoms with Gasteiger partial charge in [0.25, 0.3) is 0 Å². The van der Waals surface area contributed by atoms with E-state index in [2.05, 4.69) is 16.0 Å². The van der Waals surface area contributed by atoms with Crippen LogP contribution in [0.2, 0.25) is 0 Å². The fraction of sp³-hybridized carbons (Fsp3) is 0.412. The molecule has 0 aromatic carbocycles. The van der Waals surface area contributed by atoms with Crippen LogP contribution >= 0.6 is 0 Å². The zero-order chi connectivity index (χ0) is 15.8. The predicted octanol–water partition coefficient (Wildman–Crippen LogP) is 1.14. The Labute approximate surface area is 134 Å². The first-order valence-corrected chi connectivity index (χ1v) is 8.00. The maximum atomic E-state index is 12.5. The molecule has 6 heteroatoms. The molecule has 4 heterocycles. The molecule has 2 aliphatic rings. The highest BCUT2D eigenvalue weighted by atomic mass is 16.2. The van der Waals surface area contributed by atoms with Crippen LogP contribution in [-0.4, -0.2) is 51.2 Å². The standard InChI is InChI=1S/C17H18N4O2/c22-15-4-2-7-20(15)11-16(23)21-8-5-14-13(10-21)9-12-3-1-6-18-17(12)19-14/h1,3,6,9H,2,4-5,7-8,10-11H2. The first kappa shape index (κ1) is 14.1. The molecule has 0 radical (unpaired) electrons. The second kappa shape index (κ2) is 5.61. The van der Waals surface area contributed by atoms with Crippen molar-refractivity contribution in [3.8, 4) is 0 Å². The molecule has 4 rings (SSSR count). The maximum absolute atomic E-state index is 12.5. The van der Waals surface area contributed by atoms with E-state index >= 15 is 0 Å². The number of likely N-dealkylation sites (tertiary alicyclic amines) is 1. The van der Waals surface area contributed by atoms with Crippen LogP contribution in [-0.2, 0) is 22.6 Å². The van der Waals surface area contributed by atoms with Crippen LogP contribution in [0.15, 0.2) is 24.4 Å². The lowest BCUT2D eigenvalue weighted by molar-refractivity contribution is -0.139. The normalized spacial score (nSPS) is 17.7. The van der Waals surface area contributed by atoms with Crippen molar-refractivity contribution in [3.63, 3.8) is 0 Å². The second-order valence-corrected chi connectivity index (χ2v) is 6.13. The van der Waals surface area contributed by atoms with E-state index in [-0.39, 0.29) is 18.4 Å². The van der Waals surface area contributed by atoms with E-state index in [4.69, 9.17) is 0 Å². The molecule has 2 amide bonds. The highest BCUT2D eigenvalue weighted by Gasteiger charge is 2.27. The Kier molecular flexibility index (Phi) is 3.44. The molecule has 118 valence electrons. The third kappa shape index (κ3) is 2.65. The van der Waals surface area contributed by atoms with E-state index in [1.54, 1.807) is 11.1 Å². The Morgan fingerprint density at radius 2 is 2.17 bits per heavy atom. The summed E-state index contributed by atoms with van der Waals surface area (Å²) in [5, 5.41) is 0.996. The van der Waals surface area contributed by atoms with Gasteiger partial charge in [-0.2, -0.15) is 0 Å². The maximum Gasteiger partial charge on any atom is 0.242 e. The Morgan fingerprint density at radius 3 is 3.00 bits per heavy atom. The van der Waals surface area contributed by atoms with E-state index in [0.717, 1.165) is 35.1 Å². The molecule has 6 nitrogen and oxygen atoms in total. The van der Waals surface area contributed by atoms with Crippen LogP contribution in [0.25, 0.3) is 11.0 Å². The molecule has 2 aliphatic heterocycles. The first-order valence-electron chi connectivity index (χ1n) is 8.00. The minimum absolute atomic E-state index is 0.0252. The van der Waals surface area contributed by atoms with Crippen molar-refractivity contribution in [1.29, 1.82) is 0 Å². The van der Waals surface area contributed by atoms with Crippen molar-refractivity contribution in [2.45, 2.75) is 25.8 Å². The number of nitrogens with zero attached hydrogens (tertiary/aromatic N) is 4. The van der Waals surface area contributed by atoms with Gasteiger partial charge in [-0.3, -0.25) is 9.59 Å². The number of aromatic nitrogens is 2. The summed E-state index contributed by atoms with van der Waals surface area (Å²) in [6.07, 6.45) is 3.91. The molecule has 0 unspecified atom stereocenters. The molecule has 1 saturated heterocycles. The lowest BCUT2D eigenvalue weighted by Gasteiger charge is -2.30. The highest BCUT2D eigenvalue weighted by Crippen LogP contribution is 2.22. The number of rotatable bonds is 2. The third-order valence-corrected chi connectivity index (χ3v) is 4.59. The summed E-state index contributed by atoms with van der Waals surface area (Å²) in [4.78, 5) is 36.5. The van der Waals surface area contributed by atoms with Crippen LogP contribution in [0.5, 0.6) is 0 Å². The molecular weight excluding hydrogens is 292 g/mol. The van der Waals surface area contributed by atoms with Gasteiger partial charge >= 0.3 is 0 Å². The van der Waals surface area contributed by atoms with Gasteiger partial charge in [0.15, 0.2) is 5.65 Å². The number of hydrogen-bond donors (Lipinski definition) is 0. The Morgan fingerprint density at radius 1 is 1.26 bits per heavy atom. The van der Waals surface area contributed by atoms with Crippen LogP contribution in [0, 0.1) is 0 Å². The van der Waals surface area contributed by atoms with Gasteiger partial charge in [-0.05, 0) is 30.2 Å². The SMILES string of the molecule is O=C1CCCN1CC(=O)N1CCc2nc3ncccc3cc2C1. The second-order valence-electron chi connectivity index (χ2n) is 6.13. The van der Waals surface area contributed by atoms with E-state index in [9.17, 15) is 9.59 Å². The molecule has 0 N–H and O–H groups in total. The molecule has 0 atom stereocenters. The van der Waals surface area contributed by atoms with Gasteiger partial charge in [-0.1, -0.05) is 0 Å². The average molecular weight is 310 g/mol. The monoisotopic (exact) mass is 310 g/mol. The minimum Gasteiger partial charge on any atom is -0.336 e. The molecule has 2 aromatic heterocycles. The topological polar surface area (TPSA) is 66.4 Å². The van der Waals surface area contributed by atoms with Gasteiger partial charge in [0.2, 0.25) is 11.8 Å². The van der Waals surface area contributed by atoms with E-state index in [1.165, 1.54) is 0 Å². The van der Waals surface area contributed by atoms with Crippen LogP contribution in [0.4, 0.5) is 0 Å². The quantitative estimate of drug-likeness (QED) is 0.834. The number of pyridine rings is 2. The highest BCUT2D eigenvalue weighted by molar-refractivity contribution is 5.86. The van der Waals surface area contributed by atoms with Gasteiger partial charge < -0.3 is 9.80 Å². The first-order chi connectivity index (χ1) is 11.2. The fourth-order valence-electron chi connectivity index (χ4n) is 3.31. The summed E-state index contributed by atoms with van der Waals surface area (Å²) in [5.74, 6) is 0.117. The molecule has 0 bridgehead atoms. The number of fused-ring (bicyclic) bond motifs is 2. The van der Waals surface area contributed by atoms with Gasteiger partial charge in [0.05, 0.1) is 6.54 Å². The largest absolute Gasteiger partial charge is 0.336 e. The Bertz CT molecular complexity index is 789. The van der Waals surface area contributed by atoms with Gasteiger partial charge in [0, 0.05) is 49.8 Å². The lowest BCUT2D eigenvalue weighted by Crippen LogP contribution is -2.43. The van der Waals surface area contributed by atoms with E-state index < -0.39 is 0 Å². The number of carbonyl (C=O) groups excluding carboxylic acids is 2. The molecule has 0 saturated carbocycles. The minimum atomic E-state index is 0.0252. The zero-order valence-corrected chi connectivity index (χ0v) is 12.9. The van der Waals surface area contributed by atoms with Crippen LogP contribution in [0.3, 0.4) is 0 Å². The number of carbonyl (C=O) groups is 2. The molecule has 1 fully saturated rings. The van der Waals surface area contributed by atoms with Crippen molar-refractivity contribution >= 4 is 22.8 Å². The van der Waals surface area contributed by atoms with Crippen LogP contribution in [0.1, 0.15) is 24.1 Å². The van der Waals surface area contributed by atoms with Crippen molar-refractivity contribution in [1.82, 2.24) is 19.8 Å². The molecule has 0 spiro atoms. The summed E-state index contributed by atoms with van der Waals surface area (Å²) in [6.45, 7) is 2.12. The van der Waals surface area contributed by atoms with Crippen LogP contribution < -0.4 is 0 Å². The lowest BCUT2D eigenvalue weighted by atomic mass is 10.0. The average Bonchev–Trinajstić information content (AvgIpc) is 2.97. The molecule has 23 heavy (non-hydrogen) atoms. The molecular formula is C17H18N4O2. The smallest absolute Gasteiger partial charge is 0.242 e. The number of hydrogen-bond acceptors (Lipinski definition) is 4. The third-order valence-electron chi connectivity index (χ3n) is 4.59. The van der Waals surface area contributed by atoms with Crippen molar-refractivity contribution in [3.05, 3.63) is 35.7 Å². The van der Waals surface area contributed by atoms with Gasteiger partial charge in [-0.15, -0.1) is 0 Å². The summed E-state index contributed by atoms with van der Waals surface area (Å²) >= 11 is 0. The summed E-state index contributed by atoms with van der Waals surface area (Å²) in [7, 11) is 0. The van der Waals surface area contributed by atoms with Crippen molar-refractivity contribution < 1.29 is 9.59 Å². The summed E-state index contributed by atoms with van der Waals surface area (Å²) in [6, 6.07) is 5.95. The summed E-state index contributed by atoms with van der Waals surface area (Å²) in [5.41, 5.74) is 2.86. The fourth-order valence-corrected chi connectivity index (χ4v) is 3.31. The van der Waals surface area contributed by atoms with Crippen molar-refractivity contribution in [2.24, 2.45) is 0 Å².